The molecule has 0 aliphatic heterocycles. The van der Waals surface area contributed by atoms with Crippen LogP contribution in [0.15, 0.2) is 48.0 Å². The minimum atomic E-state index is -0.509. The molecule has 6 heteroatoms. The van der Waals surface area contributed by atoms with E-state index in [0.29, 0.717) is 28.5 Å². The lowest BCUT2D eigenvalue weighted by molar-refractivity contribution is -0.112. The lowest BCUT2D eigenvalue weighted by Gasteiger charge is -2.09. The summed E-state index contributed by atoms with van der Waals surface area (Å²) in [5.41, 5.74) is 1.12. The van der Waals surface area contributed by atoms with E-state index in [0.717, 1.165) is 0 Å². The lowest BCUT2D eigenvalue weighted by atomic mass is 10.1. The first kappa shape index (κ1) is 17.9. The Morgan fingerprint density at radius 2 is 1.64 bits per heavy atom. The van der Waals surface area contributed by atoms with E-state index in [4.69, 9.17) is 14.2 Å². The Morgan fingerprint density at radius 3 is 2.20 bits per heavy atom. The number of nitrogens with zero attached hydrogens (tertiary/aromatic N) is 1. The van der Waals surface area contributed by atoms with Crippen LogP contribution in [0, 0.1) is 11.3 Å². The van der Waals surface area contributed by atoms with Gasteiger partial charge in [0.2, 0.25) is 0 Å². The van der Waals surface area contributed by atoms with Gasteiger partial charge in [-0.1, -0.05) is 0 Å². The van der Waals surface area contributed by atoms with Gasteiger partial charge in [-0.25, -0.2) is 0 Å². The highest BCUT2D eigenvalue weighted by atomic mass is 16.5. The van der Waals surface area contributed by atoms with Gasteiger partial charge in [0.15, 0.2) is 0 Å². The molecule has 6 nitrogen and oxygen atoms in total. The van der Waals surface area contributed by atoms with Crippen molar-refractivity contribution in [1.29, 1.82) is 5.26 Å². The first-order valence-electron chi connectivity index (χ1n) is 7.40. The zero-order chi connectivity index (χ0) is 18.2. The average molecular weight is 338 g/mol. The van der Waals surface area contributed by atoms with Crippen molar-refractivity contribution in [3.05, 3.63) is 53.6 Å². The number of rotatable bonds is 6. The summed E-state index contributed by atoms with van der Waals surface area (Å²) >= 11 is 0. The molecule has 0 bridgehead atoms. The molecule has 2 aromatic carbocycles. The van der Waals surface area contributed by atoms with Crippen molar-refractivity contribution in [1.82, 2.24) is 0 Å². The number of benzene rings is 2. The number of hydrogen-bond donors (Lipinski definition) is 1. The lowest BCUT2D eigenvalue weighted by Crippen LogP contribution is -2.13. The van der Waals surface area contributed by atoms with Crippen LogP contribution in [0.4, 0.5) is 5.69 Å². The Labute approximate surface area is 146 Å². The molecule has 0 spiro atoms. The second kappa shape index (κ2) is 8.41. The summed E-state index contributed by atoms with van der Waals surface area (Å²) in [5, 5.41) is 12.0. The van der Waals surface area contributed by atoms with E-state index < -0.39 is 5.91 Å². The monoisotopic (exact) mass is 338 g/mol. The van der Waals surface area contributed by atoms with Crippen molar-refractivity contribution < 1.29 is 19.0 Å². The number of amides is 1. The fourth-order valence-electron chi connectivity index (χ4n) is 2.11. The highest BCUT2D eigenvalue weighted by Crippen LogP contribution is 2.26. The van der Waals surface area contributed by atoms with E-state index in [2.05, 4.69) is 5.32 Å². The van der Waals surface area contributed by atoms with Gasteiger partial charge in [0.05, 0.1) is 21.3 Å². The molecule has 128 valence electrons. The molecule has 2 aromatic rings. The van der Waals surface area contributed by atoms with E-state index in [1.54, 1.807) is 56.7 Å². The number of hydrogen-bond acceptors (Lipinski definition) is 5. The summed E-state index contributed by atoms with van der Waals surface area (Å²) in [6.45, 7) is 0. The van der Waals surface area contributed by atoms with E-state index in [-0.39, 0.29) is 5.57 Å². The third-order valence-electron chi connectivity index (χ3n) is 3.45. The number of nitrogens with one attached hydrogen (secondary N) is 1. The summed E-state index contributed by atoms with van der Waals surface area (Å²) < 4.78 is 15.5. The fourth-order valence-corrected chi connectivity index (χ4v) is 2.11. The van der Waals surface area contributed by atoms with Crippen molar-refractivity contribution in [2.45, 2.75) is 0 Å². The molecule has 0 atom stereocenters. The SMILES string of the molecule is COc1ccc(NC(=O)/C(C#N)=C/c2ccc(OC)cc2OC)cc1. The Morgan fingerprint density at radius 1 is 1.00 bits per heavy atom. The average Bonchev–Trinajstić information content (AvgIpc) is 2.66. The quantitative estimate of drug-likeness (QED) is 0.646. The van der Waals surface area contributed by atoms with Gasteiger partial charge in [0.1, 0.15) is 28.9 Å². The molecule has 0 heterocycles. The van der Waals surface area contributed by atoms with Crippen LogP contribution in [0.2, 0.25) is 0 Å². The smallest absolute Gasteiger partial charge is 0.266 e. The van der Waals surface area contributed by atoms with Crippen LogP contribution in [0.3, 0.4) is 0 Å². The van der Waals surface area contributed by atoms with Gasteiger partial charge in [0.25, 0.3) is 5.91 Å². The molecular formula is C19H18N2O4. The maximum absolute atomic E-state index is 12.3. The number of nitriles is 1. The molecule has 0 radical (unpaired) electrons. The fraction of sp³-hybridized carbons (Fsp3) is 0.158. The first-order valence-corrected chi connectivity index (χ1v) is 7.40. The van der Waals surface area contributed by atoms with E-state index in [9.17, 15) is 10.1 Å². The van der Waals surface area contributed by atoms with E-state index in [1.807, 2.05) is 6.07 Å². The summed E-state index contributed by atoms with van der Waals surface area (Å²) in [7, 11) is 4.62. The zero-order valence-corrected chi connectivity index (χ0v) is 14.2. The van der Waals surface area contributed by atoms with Crippen LogP contribution in [-0.2, 0) is 4.79 Å². The van der Waals surface area contributed by atoms with Crippen LogP contribution < -0.4 is 19.5 Å². The molecule has 0 aliphatic rings. The van der Waals surface area contributed by atoms with Gasteiger partial charge in [0, 0.05) is 17.3 Å². The molecule has 1 amide bonds. The van der Waals surface area contributed by atoms with Gasteiger partial charge in [-0.3, -0.25) is 4.79 Å². The molecule has 0 saturated carbocycles. The van der Waals surface area contributed by atoms with Gasteiger partial charge < -0.3 is 19.5 Å². The summed E-state index contributed by atoms with van der Waals surface area (Å²) in [5.74, 6) is 1.29. The summed E-state index contributed by atoms with van der Waals surface area (Å²) in [6, 6.07) is 13.9. The van der Waals surface area contributed by atoms with Gasteiger partial charge >= 0.3 is 0 Å². The second-order valence-corrected chi connectivity index (χ2v) is 4.96. The third-order valence-corrected chi connectivity index (χ3v) is 3.45. The molecule has 1 N–H and O–H groups in total. The zero-order valence-electron chi connectivity index (χ0n) is 14.2. The maximum atomic E-state index is 12.3. The van der Waals surface area contributed by atoms with Crippen molar-refractivity contribution >= 4 is 17.7 Å². The molecule has 25 heavy (non-hydrogen) atoms. The van der Waals surface area contributed by atoms with Crippen LogP contribution >= 0.6 is 0 Å². The topological polar surface area (TPSA) is 80.6 Å². The van der Waals surface area contributed by atoms with Crippen molar-refractivity contribution in [3.8, 4) is 23.3 Å². The number of carbonyl (C=O) groups excluding carboxylic acids is 1. The minimum absolute atomic E-state index is 0.0423. The molecule has 0 aliphatic carbocycles. The van der Waals surface area contributed by atoms with Crippen LogP contribution in [0.5, 0.6) is 17.2 Å². The Hall–Kier alpha value is -3.46. The highest BCUT2D eigenvalue weighted by Gasteiger charge is 2.12. The summed E-state index contributed by atoms with van der Waals surface area (Å²) in [6.07, 6.45) is 1.47. The first-order chi connectivity index (χ1) is 12.1. The molecule has 2 rings (SSSR count). The molecule has 0 unspecified atom stereocenters. The van der Waals surface area contributed by atoms with Crippen LogP contribution in [0.1, 0.15) is 5.56 Å². The Kier molecular flexibility index (Phi) is 6.02. The Balaban J connectivity index is 2.24. The van der Waals surface area contributed by atoms with E-state index >= 15 is 0 Å². The number of carbonyl (C=O) groups is 1. The van der Waals surface area contributed by atoms with Crippen LogP contribution in [0.25, 0.3) is 6.08 Å². The predicted molar refractivity (Wildman–Crippen MR) is 94.8 cm³/mol. The van der Waals surface area contributed by atoms with Crippen molar-refractivity contribution in [2.24, 2.45) is 0 Å². The maximum Gasteiger partial charge on any atom is 0.266 e. The predicted octanol–water partition coefficient (Wildman–Crippen LogP) is 3.26. The molecule has 0 saturated heterocycles. The number of ether oxygens (including phenoxy) is 3. The molecular weight excluding hydrogens is 320 g/mol. The van der Waals surface area contributed by atoms with Gasteiger partial charge in [-0.15, -0.1) is 0 Å². The largest absolute Gasteiger partial charge is 0.497 e. The standard InChI is InChI=1S/C19H18N2O4/c1-23-16-8-5-15(6-9-16)21-19(22)14(12-20)10-13-4-7-17(24-2)11-18(13)25-3/h4-11H,1-3H3,(H,21,22)/b14-10+. The normalized spacial score (nSPS) is 10.6. The van der Waals surface area contributed by atoms with Crippen molar-refractivity contribution in [3.63, 3.8) is 0 Å². The number of anilines is 1. The van der Waals surface area contributed by atoms with Crippen molar-refractivity contribution in [2.75, 3.05) is 26.6 Å². The minimum Gasteiger partial charge on any atom is -0.497 e. The second-order valence-electron chi connectivity index (χ2n) is 4.96. The number of methoxy groups -OCH3 is 3. The van der Waals surface area contributed by atoms with Gasteiger partial charge in [-0.2, -0.15) is 5.26 Å². The molecule has 0 fully saturated rings. The third kappa shape index (κ3) is 4.52. The van der Waals surface area contributed by atoms with E-state index in [1.165, 1.54) is 13.2 Å². The molecule has 0 aromatic heterocycles. The van der Waals surface area contributed by atoms with Crippen LogP contribution in [-0.4, -0.2) is 27.2 Å². The Bertz CT molecular complexity index is 820. The van der Waals surface area contributed by atoms with Gasteiger partial charge in [-0.05, 0) is 42.5 Å². The highest BCUT2D eigenvalue weighted by molar-refractivity contribution is 6.09. The summed E-state index contributed by atoms with van der Waals surface area (Å²) in [4.78, 5) is 12.3.